The number of anilines is 1. The number of pyridine rings is 1. The van der Waals surface area contributed by atoms with E-state index in [2.05, 4.69) is 51.8 Å². The van der Waals surface area contributed by atoms with E-state index in [-0.39, 0.29) is 0 Å². The Hall–Kier alpha value is -1.39. The van der Waals surface area contributed by atoms with Crippen LogP contribution in [-0.2, 0) is 0 Å². The van der Waals surface area contributed by atoms with Crippen LogP contribution in [0.4, 0.5) is 5.69 Å². The van der Waals surface area contributed by atoms with Crippen LogP contribution in [0, 0.1) is 5.92 Å². The molecule has 3 saturated heterocycles. The van der Waals surface area contributed by atoms with Gasteiger partial charge in [-0.1, -0.05) is 6.07 Å². The largest absolute Gasteiger partial charge is 0.379 e. The van der Waals surface area contributed by atoms with Gasteiger partial charge in [0.1, 0.15) is 0 Å². The second kappa shape index (κ2) is 5.43. The Bertz CT molecular complexity index is 583. The molecule has 0 radical (unpaired) electrons. The molecule has 1 N–H and O–H groups in total. The summed E-state index contributed by atoms with van der Waals surface area (Å²) in [6, 6.07) is 9.70. The van der Waals surface area contributed by atoms with Gasteiger partial charge in [0.05, 0.1) is 22.5 Å². The maximum Gasteiger partial charge on any atom is 0.0803 e. The van der Waals surface area contributed by atoms with E-state index in [4.69, 9.17) is 0 Å². The summed E-state index contributed by atoms with van der Waals surface area (Å²) in [5, 5.41) is 5.83. The molecule has 5 heterocycles. The molecule has 0 aliphatic carbocycles. The smallest absolute Gasteiger partial charge is 0.0803 e. The second-order valence-corrected chi connectivity index (χ2v) is 7.14. The predicted octanol–water partition coefficient (Wildman–Crippen LogP) is 3.70. The van der Waals surface area contributed by atoms with Gasteiger partial charge in [0.25, 0.3) is 0 Å². The molecule has 3 aliphatic rings. The minimum atomic E-state index is 0.571. The summed E-state index contributed by atoms with van der Waals surface area (Å²) in [7, 11) is 0. The lowest BCUT2D eigenvalue weighted by Crippen LogP contribution is -2.59. The van der Waals surface area contributed by atoms with Crippen LogP contribution in [0.2, 0.25) is 0 Å². The van der Waals surface area contributed by atoms with Crippen molar-refractivity contribution < 1.29 is 0 Å². The molecule has 0 amide bonds. The van der Waals surface area contributed by atoms with E-state index in [9.17, 15) is 0 Å². The van der Waals surface area contributed by atoms with Crippen molar-refractivity contribution >= 4 is 17.0 Å². The van der Waals surface area contributed by atoms with E-state index in [0.717, 1.165) is 17.3 Å². The first kappa shape index (κ1) is 13.3. The fourth-order valence-electron chi connectivity index (χ4n) is 3.79. The van der Waals surface area contributed by atoms with Crippen LogP contribution < -0.4 is 5.32 Å². The van der Waals surface area contributed by atoms with Crippen molar-refractivity contribution in [3.05, 3.63) is 35.8 Å². The Morgan fingerprint density at radius 3 is 2.71 bits per heavy atom. The van der Waals surface area contributed by atoms with Crippen LogP contribution in [0.1, 0.15) is 19.8 Å². The first-order valence-electron chi connectivity index (χ1n) is 7.82. The monoisotopic (exact) mass is 299 g/mol. The number of aromatic nitrogens is 1. The van der Waals surface area contributed by atoms with Crippen molar-refractivity contribution in [3.8, 4) is 10.6 Å². The summed E-state index contributed by atoms with van der Waals surface area (Å²) in [4.78, 5) is 8.46. The van der Waals surface area contributed by atoms with Gasteiger partial charge in [0.15, 0.2) is 0 Å². The summed E-state index contributed by atoms with van der Waals surface area (Å²) >= 11 is 1.74. The van der Waals surface area contributed by atoms with Gasteiger partial charge in [-0.15, -0.1) is 11.3 Å². The molecule has 5 rings (SSSR count). The van der Waals surface area contributed by atoms with E-state index in [1.165, 1.54) is 30.8 Å². The van der Waals surface area contributed by atoms with Crippen molar-refractivity contribution in [2.75, 3.05) is 18.4 Å². The number of hydrogen-bond acceptors (Lipinski definition) is 4. The van der Waals surface area contributed by atoms with Gasteiger partial charge in [0, 0.05) is 12.1 Å². The molecule has 0 aromatic carbocycles. The molecule has 2 atom stereocenters. The number of thiophene rings is 1. The molecule has 21 heavy (non-hydrogen) atoms. The maximum absolute atomic E-state index is 4.61. The first-order valence-corrected chi connectivity index (χ1v) is 8.70. The summed E-state index contributed by atoms with van der Waals surface area (Å²) < 4.78 is 0. The minimum absolute atomic E-state index is 0.571. The van der Waals surface area contributed by atoms with Crippen LogP contribution in [0.25, 0.3) is 10.6 Å². The van der Waals surface area contributed by atoms with Crippen molar-refractivity contribution in [2.45, 2.75) is 31.8 Å². The standard InChI is InChI=1S/C17H21N3S/c1-12-17(13-6-8-20(12)9-7-13)19-14-4-5-15(18-11-14)16-3-2-10-21-16/h2-5,10-13,17,19H,6-9H2,1H3/t12-,17+/m1/s1. The van der Waals surface area contributed by atoms with Crippen molar-refractivity contribution in [2.24, 2.45) is 5.92 Å². The van der Waals surface area contributed by atoms with E-state index in [1.807, 2.05) is 6.20 Å². The molecule has 4 heteroatoms. The average Bonchev–Trinajstić information content (AvgIpc) is 3.06. The maximum atomic E-state index is 4.61. The van der Waals surface area contributed by atoms with E-state index in [1.54, 1.807) is 11.3 Å². The Balaban J connectivity index is 1.50. The van der Waals surface area contributed by atoms with Gasteiger partial charge in [-0.25, -0.2) is 0 Å². The molecule has 2 aromatic rings. The SMILES string of the molecule is C[C@@H]1[C@H](Nc2ccc(-c3cccs3)nc2)C2CCN1CC2. The third-order valence-corrected chi connectivity index (χ3v) is 5.94. The fraction of sp³-hybridized carbons (Fsp3) is 0.471. The van der Waals surface area contributed by atoms with Crippen molar-refractivity contribution in [1.82, 2.24) is 9.88 Å². The highest BCUT2D eigenvalue weighted by molar-refractivity contribution is 7.13. The quantitative estimate of drug-likeness (QED) is 0.936. The number of hydrogen-bond donors (Lipinski definition) is 1. The molecule has 3 fully saturated rings. The highest BCUT2D eigenvalue weighted by atomic mass is 32.1. The fourth-order valence-corrected chi connectivity index (χ4v) is 4.49. The zero-order valence-electron chi connectivity index (χ0n) is 12.3. The lowest BCUT2D eigenvalue weighted by Gasteiger charge is -2.50. The summed E-state index contributed by atoms with van der Waals surface area (Å²) in [5.74, 6) is 0.821. The Morgan fingerprint density at radius 1 is 1.24 bits per heavy atom. The number of nitrogens with one attached hydrogen (secondary N) is 1. The van der Waals surface area contributed by atoms with Crippen LogP contribution in [0.15, 0.2) is 35.8 Å². The first-order chi connectivity index (χ1) is 10.3. The number of fused-ring (bicyclic) bond motifs is 3. The Labute approximate surface area is 130 Å². The molecular weight excluding hydrogens is 278 g/mol. The molecular formula is C17H21N3S. The highest BCUT2D eigenvalue weighted by Gasteiger charge is 2.39. The Kier molecular flexibility index (Phi) is 3.43. The number of nitrogens with zero attached hydrogens (tertiary/aromatic N) is 2. The molecule has 110 valence electrons. The predicted molar refractivity (Wildman–Crippen MR) is 88.7 cm³/mol. The molecule has 3 aliphatic heterocycles. The van der Waals surface area contributed by atoms with Crippen molar-refractivity contribution in [1.29, 1.82) is 0 Å². The second-order valence-electron chi connectivity index (χ2n) is 6.19. The third kappa shape index (κ3) is 2.47. The molecule has 0 unspecified atom stereocenters. The number of rotatable bonds is 3. The topological polar surface area (TPSA) is 28.2 Å². The van der Waals surface area contributed by atoms with E-state index >= 15 is 0 Å². The minimum Gasteiger partial charge on any atom is -0.379 e. The van der Waals surface area contributed by atoms with Gasteiger partial charge in [-0.2, -0.15) is 0 Å². The summed E-state index contributed by atoms with van der Waals surface area (Å²) in [6.45, 7) is 4.91. The molecule has 0 spiro atoms. The molecule has 0 saturated carbocycles. The molecule has 2 bridgehead atoms. The summed E-state index contributed by atoms with van der Waals surface area (Å²) in [6.07, 6.45) is 4.66. The zero-order valence-corrected chi connectivity index (χ0v) is 13.1. The molecule has 3 nitrogen and oxygen atoms in total. The average molecular weight is 299 g/mol. The Morgan fingerprint density at radius 2 is 2.10 bits per heavy atom. The van der Waals surface area contributed by atoms with Crippen LogP contribution in [-0.4, -0.2) is 35.1 Å². The molecule has 2 aromatic heterocycles. The summed E-state index contributed by atoms with van der Waals surface area (Å²) in [5.41, 5.74) is 2.22. The van der Waals surface area contributed by atoms with Gasteiger partial charge in [0.2, 0.25) is 0 Å². The van der Waals surface area contributed by atoms with Gasteiger partial charge >= 0.3 is 0 Å². The number of piperidine rings is 3. The van der Waals surface area contributed by atoms with E-state index in [0.29, 0.717) is 12.1 Å². The van der Waals surface area contributed by atoms with Gasteiger partial charge in [-0.3, -0.25) is 9.88 Å². The zero-order chi connectivity index (χ0) is 14.2. The lowest BCUT2D eigenvalue weighted by atomic mass is 9.79. The van der Waals surface area contributed by atoms with Gasteiger partial charge < -0.3 is 5.32 Å². The third-order valence-electron chi connectivity index (χ3n) is 5.05. The van der Waals surface area contributed by atoms with Crippen LogP contribution >= 0.6 is 11.3 Å². The lowest BCUT2D eigenvalue weighted by molar-refractivity contribution is 0.0458. The van der Waals surface area contributed by atoms with Crippen LogP contribution in [0.5, 0.6) is 0 Å². The van der Waals surface area contributed by atoms with Crippen molar-refractivity contribution in [3.63, 3.8) is 0 Å². The van der Waals surface area contributed by atoms with E-state index < -0.39 is 0 Å². The normalized spacial score (nSPS) is 31.3. The van der Waals surface area contributed by atoms with Crippen LogP contribution in [0.3, 0.4) is 0 Å². The highest BCUT2D eigenvalue weighted by Crippen LogP contribution is 2.34. The van der Waals surface area contributed by atoms with Gasteiger partial charge in [-0.05, 0) is 62.4 Å².